The number of guanidine groups is 1. The van der Waals surface area contributed by atoms with Gasteiger partial charge in [0.15, 0.2) is 5.96 Å². The van der Waals surface area contributed by atoms with Gasteiger partial charge < -0.3 is 20.9 Å². The van der Waals surface area contributed by atoms with Gasteiger partial charge in [-0.2, -0.15) is 0 Å². The monoisotopic (exact) mass is 463 g/mol. The highest BCUT2D eigenvalue weighted by Gasteiger charge is 2.42. The number of carbonyl (C=O) groups excluding carboxylic acids is 2. The van der Waals surface area contributed by atoms with Crippen molar-refractivity contribution in [2.24, 2.45) is 16.3 Å². The Bertz CT molecular complexity index is 523. The molecule has 3 fully saturated rings. The van der Waals surface area contributed by atoms with Crippen molar-refractivity contribution in [1.29, 1.82) is 0 Å². The first kappa shape index (κ1) is 20.3. The van der Waals surface area contributed by atoms with Crippen molar-refractivity contribution in [3.05, 3.63) is 0 Å². The Labute approximate surface area is 166 Å². The Kier molecular flexibility index (Phi) is 7.33. The van der Waals surface area contributed by atoms with Crippen LogP contribution in [0.4, 0.5) is 0 Å². The minimum atomic E-state index is 0. The summed E-state index contributed by atoms with van der Waals surface area (Å²) in [5.74, 6) is 1.48. The molecule has 8 heteroatoms. The molecule has 1 aliphatic carbocycles. The molecule has 3 aliphatic rings. The molecule has 3 N–H and O–H groups in total. The van der Waals surface area contributed by atoms with Crippen molar-refractivity contribution in [2.75, 3.05) is 39.3 Å². The van der Waals surface area contributed by atoms with Crippen molar-refractivity contribution >= 4 is 41.8 Å². The quantitative estimate of drug-likeness (QED) is 0.243. The zero-order valence-corrected chi connectivity index (χ0v) is 17.3. The number of hydrogen-bond donors (Lipinski definition) is 3. The molecule has 1 unspecified atom stereocenters. The lowest BCUT2D eigenvalue weighted by Crippen LogP contribution is -2.51. The maximum atomic E-state index is 11.7. The van der Waals surface area contributed by atoms with Gasteiger partial charge in [-0.25, -0.2) is 0 Å². The van der Waals surface area contributed by atoms with Crippen LogP contribution in [0.2, 0.25) is 0 Å². The molecule has 2 saturated heterocycles. The normalized spacial score (nSPS) is 26.2. The summed E-state index contributed by atoms with van der Waals surface area (Å²) in [5.41, 5.74) is 0.0612. The van der Waals surface area contributed by atoms with Crippen LogP contribution in [0.15, 0.2) is 4.99 Å². The Morgan fingerprint density at radius 2 is 2.20 bits per heavy atom. The van der Waals surface area contributed by atoms with Gasteiger partial charge >= 0.3 is 0 Å². The Morgan fingerprint density at radius 3 is 2.84 bits per heavy atom. The second-order valence-corrected chi connectivity index (χ2v) is 7.28. The number of nitrogens with zero attached hydrogens (tertiary/aromatic N) is 2. The van der Waals surface area contributed by atoms with E-state index in [4.69, 9.17) is 0 Å². The summed E-state index contributed by atoms with van der Waals surface area (Å²) in [6.45, 7) is 6.66. The van der Waals surface area contributed by atoms with E-state index in [0.29, 0.717) is 19.5 Å². The van der Waals surface area contributed by atoms with E-state index in [9.17, 15) is 9.59 Å². The molecule has 0 aromatic carbocycles. The Balaban J connectivity index is 0.00000225. The maximum absolute atomic E-state index is 11.7. The number of amides is 2. The molecule has 0 radical (unpaired) electrons. The molecular formula is C17H30IN5O2. The van der Waals surface area contributed by atoms with Gasteiger partial charge in [0.1, 0.15) is 0 Å². The molecule has 1 spiro atoms. The number of hydrogen-bond acceptors (Lipinski definition) is 3. The molecule has 3 rings (SSSR count). The molecule has 0 aromatic rings. The number of carbonyl (C=O) groups is 2. The van der Waals surface area contributed by atoms with Crippen LogP contribution in [-0.2, 0) is 9.59 Å². The van der Waals surface area contributed by atoms with Crippen molar-refractivity contribution in [3.63, 3.8) is 0 Å². The molecule has 2 aliphatic heterocycles. The van der Waals surface area contributed by atoms with Gasteiger partial charge in [0.05, 0.1) is 6.54 Å². The van der Waals surface area contributed by atoms with E-state index in [1.54, 1.807) is 0 Å². The van der Waals surface area contributed by atoms with E-state index >= 15 is 0 Å². The lowest BCUT2D eigenvalue weighted by Gasteiger charge is -2.40. The number of aliphatic imine (C=N–C) groups is 1. The number of piperidine rings is 1. The fourth-order valence-electron chi connectivity index (χ4n) is 3.69. The minimum absolute atomic E-state index is 0. The first-order chi connectivity index (χ1) is 11.6. The maximum Gasteiger partial charge on any atom is 0.223 e. The van der Waals surface area contributed by atoms with E-state index in [-0.39, 0.29) is 47.1 Å². The van der Waals surface area contributed by atoms with Crippen LogP contribution in [0.1, 0.15) is 39.0 Å². The Hall–Kier alpha value is -1.06. The minimum Gasteiger partial charge on any atom is -0.357 e. The van der Waals surface area contributed by atoms with Crippen LogP contribution < -0.4 is 16.0 Å². The van der Waals surface area contributed by atoms with Crippen LogP contribution in [0, 0.1) is 11.3 Å². The molecule has 2 heterocycles. The van der Waals surface area contributed by atoms with Gasteiger partial charge in [0.2, 0.25) is 11.8 Å². The van der Waals surface area contributed by atoms with Crippen molar-refractivity contribution < 1.29 is 9.59 Å². The van der Waals surface area contributed by atoms with Crippen LogP contribution in [0.5, 0.6) is 0 Å². The van der Waals surface area contributed by atoms with E-state index in [2.05, 4.69) is 32.8 Å². The van der Waals surface area contributed by atoms with Crippen LogP contribution >= 0.6 is 24.0 Å². The summed E-state index contributed by atoms with van der Waals surface area (Å²) in [5, 5.41) is 9.28. The van der Waals surface area contributed by atoms with Gasteiger partial charge in [-0.15, -0.1) is 24.0 Å². The highest BCUT2D eigenvalue weighted by Crippen LogP contribution is 2.36. The highest BCUT2D eigenvalue weighted by molar-refractivity contribution is 14.0. The lowest BCUT2D eigenvalue weighted by molar-refractivity contribution is -0.122. The molecule has 0 aromatic heterocycles. The number of rotatable bonds is 5. The fourth-order valence-corrected chi connectivity index (χ4v) is 3.69. The predicted molar refractivity (Wildman–Crippen MR) is 108 cm³/mol. The van der Waals surface area contributed by atoms with E-state index in [1.165, 1.54) is 0 Å². The fraction of sp³-hybridized carbons (Fsp3) is 0.824. The van der Waals surface area contributed by atoms with Crippen molar-refractivity contribution in [3.8, 4) is 0 Å². The van der Waals surface area contributed by atoms with Crippen molar-refractivity contribution in [1.82, 2.24) is 20.9 Å². The summed E-state index contributed by atoms with van der Waals surface area (Å²) in [6, 6.07) is 0. The van der Waals surface area contributed by atoms with E-state index in [1.807, 2.05) is 0 Å². The third kappa shape index (κ3) is 5.46. The average Bonchev–Trinajstić information content (AvgIpc) is 3.36. The predicted octanol–water partition coefficient (Wildman–Crippen LogP) is 0.698. The molecule has 1 saturated carbocycles. The van der Waals surface area contributed by atoms with E-state index in [0.717, 1.165) is 57.8 Å². The lowest BCUT2D eigenvalue weighted by atomic mass is 9.79. The van der Waals surface area contributed by atoms with Gasteiger partial charge in [-0.05, 0) is 32.6 Å². The largest absolute Gasteiger partial charge is 0.357 e. The molecule has 142 valence electrons. The average molecular weight is 463 g/mol. The third-order valence-electron chi connectivity index (χ3n) is 5.11. The first-order valence-electron chi connectivity index (χ1n) is 9.19. The summed E-state index contributed by atoms with van der Waals surface area (Å²) in [6.07, 6.45) is 4.86. The first-order valence-corrected chi connectivity index (χ1v) is 9.19. The standard InChI is InChI=1S/C17H29N5O2.HI/c1-2-18-16(20-8-7-19-15(24)13-4-5-13)22-9-3-6-17(12-22)10-14(23)21-11-17;/h13H,2-12H2,1H3,(H,18,20)(H,19,24)(H,21,23);1H. The van der Waals surface area contributed by atoms with Crippen molar-refractivity contribution in [2.45, 2.75) is 39.0 Å². The number of halogens is 1. The summed E-state index contributed by atoms with van der Waals surface area (Å²) >= 11 is 0. The van der Waals surface area contributed by atoms with Crippen LogP contribution in [0.25, 0.3) is 0 Å². The summed E-state index contributed by atoms with van der Waals surface area (Å²) in [7, 11) is 0. The number of likely N-dealkylation sites (tertiary alicyclic amines) is 1. The molecule has 2 amide bonds. The SMILES string of the molecule is CCNC(=NCCNC(=O)C1CC1)N1CCCC2(CNC(=O)C2)C1.I. The molecule has 7 nitrogen and oxygen atoms in total. The number of nitrogens with one attached hydrogen (secondary N) is 3. The van der Waals surface area contributed by atoms with E-state index < -0.39 is 0 Å². The molecular weight excluding hydrogens is 433 g/mol. The van der Waals surface area contributed by atoms with Gasteiger partial charge in [-0.3, -0.25) is 14.6 Å². The van der Waals surface area contributed by atoms with Gasteiger partial charge in [-0.1, -0.05) is 0 Å². The molecule has 0 bridgehead atoms. The van der Waals surface area contributed by atoms with Crippen LogP contribution in [-0.4, -0.2) is 61.9 Å². The van der Waals surface area contributed by atoms with Gasteiger partial charge in [0, 0.05) is 50.5 Å². The summed E-state index contributed by atoms with van der Waals surface area (Å²) in [4.78, 5) is 30.2. The molecule has 25 heavy (non-hydrogen) atoms. The zero-order chi connectivity index (χ0) is 17.0. The Morgan fingerprint density at radius 1 is 1.40 bits per heavy atom. The smallest absolute Gasteiger partial charge is 0.223 e. The van der Waals surface area contributed by atoms with Gasteiger partial charge in [0.25, 0.3) is 0 Å². The highest BCUT2D eigenvalue weighted by atomic mass is 127. The third-order valence-corrected chi connectivity index (χ3v) is 5.11. The summed E-state index contributed by atoms with van der Waals surface area (Å²) < 4.78 is 0. The topological polar surface area (TPSA) is 85.8 Å². The second-order valence-electron chi connectivity index (χ2n) is 7.28. The second kappa shape index (κ2) is 9.05. The molecule has 1 atom stereocenters. The zero-order valence-electron chi connectivity index (χ0n) is 15.0. The van der Waals surface area contributed by atoms with Crippen LogP contribution in [0.3, 0.4) is 0 Å².